The van der Waals surface area contributed by atoms with Crippen molar-refractivity contribution in [1.29, 1.82) is 0 Å². The average Bonchev–Trinajstić information content (AvgIpc) is 3.27. The Balaban J connectivity index is 1.60. The standard InChI is InChI=1S/C20H14ClN5S/c21-16-7-3-1-5-12(16)9-26-10-14-18(22)23-19(24-20(14)25-26)15-11-27-17-8-4-2-6-13(15)17/h1-8,10-11H,9H2,(H2,22,23,24,25). The molecule has 0 aliphatic carbocycles. The Morgan fingerprint density at radius 1 is 1.00 bits per heavy atom. The molecule has 0 bridgehead atoms. The van der Waals surface area contributed by atoms with Crippen molar-refractivity contribution in [1.82, 2.24) is 19.7 Å². The monoisotopic (exact) mass is 391 g/mol. The Morgan fingerprint density at radius 3 is 2.70 bits per heavy atom. The predicted octanol–water partition coefficient (Wildman–Crippen LogP) is 4.99. The summed E-state index contributed by atoms with van der Waals surface area (Å²) in [6.07, 6.45) is 1.86. The van der Waals surface area contributed by atoms with Gasteiger partial charge in [0.2, 0.25) is 0 Å². The third-order valence-electron chi connectivity index (χ3n) is 4.47. The van der Waals surface area contributed by atoms with Crippen LogP contribution in [0.25, 0.3) is 32.5 Å². The van der Waals surface area contributed by atoms with Gasteiger partial charge in [-0.2, -0.15) is 5.10 Å². The summed E-state index contributed by atoms with van der Waals surface area (Å²) >= 11 is 7.93. The maximum atomic E-state index is 6.26. The first-order valence-corrected chi connectivity index (χ1v) is 9.65. The molecule has 0 amide bonds. The van der Waals surface area contributed by atoms with E-state index < -0.39 is 0 Å². The smallest absolute Gasteiger partial charge is 0.186 e. The summed E-state index contributed by atoms with van der Waals surface area (Å²) in [5, 5.41) is 9.23. The van der Waals surface area contributed by atoms with E-state index in [1.165, 1.54) is 4.70 Å². The van der Waals surface area contributed by atoms with E-state index in [2.05, 4.69) is 32.6 Å². The largest absolute Gasteiger partial charge is 0.383 e. The summed E-state index contributed by atoms with van der Waals surface area (Å²) in [7, 11) is 0. The van der Waals surface area contributed by atoms with Gasteiger partial charge in [-0.25, -0.2) is 9.97 Å². The van der Waals surface area contributed by atoms with Gasteiger partial charge in [-0.1, -0.05) is 48.0 Å². The number of hydrogen-bond acceptors (Lipinski definition) is 5. The van der Waals surface area contributed by atoms with Gasteiger partial charge < -0.3 is 5.73 Å². The van der Waals surface area contributed by atoms with Gasteiger partial charge in [0, 0.05) is 32.2 Å². The van der Waals surface area contributed by atoms with Crippen LogP contribution < -0.4 is 5.73 Å². The Labute approximate surface area is 164 Å². The lowest BCUT2D eigenvalue weighted by Gasteiger charge is -2.03. The van der Waals surface area contributed by atoms with Crippen LogP contribution in [0.4, 0.5) is 5.82 Å². The minimum atomic E-state index is 0.427. The van der Waals surface area contributed by atoms with Crippen molar-refractivity contribution in [3.05, 3.63) is 70.7 Å². The van der Waals surface area contributed by atoms with Crippen molar-refractivity contribution in [3.63, 3.8) is 0 Å². The number of thiophene rings is 1. The average molecular weight is 392 g/mol. The highest BCUT2D eigenvalue weighted by molar-refractivity contribution is 7.17. The van der Waals surface area contributed by atoms with Gasteiger partial charge >= 0.3 is 0 Å². The molecule has 0 unspecified atom stereocenters. The van der Waals surface area contributed by atoms with Crippen LogP contribution in [0.5, 0.6) is 0 Å². The molecule has 27 heavy (non-hydrogen) atoms. The van der Waals surface area contributed by atoms with Crippen molar-refractivity contribution in [2.24, 2.45) is 0 Å². The van der Waals surface area contributed by atoms with Crippen LogP contribution >= 0.6 is 22.9 Å². The topological polar surface area (TPSA) is 69.6 Å². The van der Waals surface area contributed by atoms with E-state index in [1.54, 1.807) is 16.0 Å². The molecular weight excluding hydrogens is 378 g/mol. The minimum absolute atomic E-state index is 0.427. The predicted molar refractivity (Wildman–Crippen MR) is 111 cm³/mol. The number of nitrogens with zero attached hydrogens (tertiary/aromatic N) is 4. The van der Waals surface area contributed by atoms with E-state index in [4.69, 9.17) is 17.3 Å². The van der Waals surface area contributed by atoms with Crippen LogP contribution in [0, 0.1) is 0 Å². The Bertz CT molecular complexity index is 1290. The number of benzene rings is 2. The third kappa shape index (κ3) is 2.83. The molecule has 0 aliphatic heterocycles. The summed E-state index contributed by atoms with van der Waals surface area (Å²) in [4.78, 5) is 9.19. The summed E-state index contributed by atoms with van der Waals surface area (Å²) in [5.41, 5.74) is 8.77. The highest BCUT2D eigenvalue weighted by atomic mass is 35.5. The van der Waals surface area contributed by atoms with Crippen molar-refractivity contribution in [3.8, 4) is 11.4 Å². The fourth-order valence-corrected chi connectivity index (χ4v) is 4.26. The maximum absolute atomic E-state index is 6.26. The second kappa shape index (κ2) is 6.33. The number of nitrogens with two attached hydrogens (primary N) is 1. The van der Waals surface area contributed by atoms with Crippen LogP contribution in [0.2, 0.25) is 5.02 Å². The quantitative estimate of drug-likeness (QED) is 0.470. The summed E-state index contributed by atoms with van der Waals surface area (Å²) in [6, 6.07) is 15.9. The van der Waals surface area contributed by atoms with Crippen LogP contribution in [0.1, 0.15) is 5.56 Å². The molecule has 0 radical (unpaired) electrons. The SMILES string of the molecule is Nc1nc(-c2csc3ccccc23)nc2nn(Cc3ccccc3Cl)cc12. The number of anilines is 1. The van der Waals surface area contributed by atoms with Gasteiger partial charge in [0.15, 0.2) is 11.5 Å². The Morgan fingerprint density at radius 2 is 1.81 bits per heavy atom. The molecule has 0 saturated heterocycles. The molecule has 132 valence electrons. The molecule has 0 saturated carbocycles. The van der Waals surface area contributed by atoms with Gasteiger partial charge in [0.05, 0.1) is 11.9 Å². The van der Waals surface area contributed by atoms with E-state index in [9.17, 15) is 0 Å². The number of nitrogen functional groups attached to an aromatic ring is 1. The molecule has 3 heterocycles. The molecular formula is C20H14ClN5S. The summed E-state index contributed by atoms with van der Waals surface area (Å²) in [5.74, 6) is 1.02. The van der Waals surface area contributed by atoms with Gasteiger partial charge in [0.1, 0.15) is 5.82 Å². The van der Waals surface area contributed by atoms with Crippen molar-refractivity contribution in [2.45, 2.75) is 6.54 Å². The van der Waals surface area contributed by atoms with Gasteiger partial charge in [-0.3, -0.25) is 4.68 Å². The Hall–Kier alpha value is -2.96. The molecule has 2 N–H and O–H groups in total. The van der Waals surface area contributed by atoms with Gasteiger partial charge in [-0.15, -0.1) is 11.3 Å². The zero-order valence-electron chi connectivity index (χ0n) is 14.1. The van der Waals surface area contributed by atoms with E-state index in [1.807, 2.05) is 42.6 Å². The van der Waals surface area contributed by atoms with Crippen LogP contribution in [-0.2, 0) is 6.54 Å². The molecule has 7 heteroatoms. The van der Waals surface area contributed by atoms with E-state index in [0.717, 1.165) is 21.9 Å². The van der Waals surface area contributed by atoms with E-state index in [0.29, 0.717) is 28.9 Å². The molecule has 5 aromatic rings. The van der Waals surface area contributed by atoms with Gasteiger partial charge in [-0.05, 0) is 17.7 Å². The summed E-state index contributed by atoms with van der Waals surface area (Å²) in [6.45, 7) is 0.548. The minimum Gasteiger partial charge on any atom is -0.383 e. The molecule has 0 spiro atoms. The molecule has 5 rings (SSSR count). The first kappa shape index (κ1) is 16.2. The fraction of sp³-hybridized carbons (Fsp3) is 0.0500. The highest BCUT2D eigenvalue weighted by Crippen LogP contribution is 2.33. The van der Waals surface area contributed by atoms with Crippen molar-refractivity contribution >= 4 is 49.9 Å². The normalized spacial score (nSPS) is 11.4. The zero-order valence-corrected chi connectivity index (χ0v) is 15.7. The summed E-state index contributed by atoms with van der Waals surface area (Å²) < 4.78 is 2.99. The Kier molecular flexibility index (Phi) is 3.81. The number of aromatic nitrogens is 4. The highest BCUT2D eigenvalue weighted by Gasteiger charge is 2.14. The number of halogens is 1. The second-order valence-corrected chi connectivity index (χ2v) is 7.55. The van der Waals surface area contributed by atoms with Crippen molar-refractivity contribution in [2.75, 3.05) is 5.73 Å². The molecule has 0 atom stereocenters. The first-order chi connectivity index (χ1) is 13.2. The maximum Gasteiger partial charge on any atom is 0.186 e. The van der Waals surface area contributed by atoms with Crippen molar-refractivity contribution < 1.29 is 0 Å². The number of hydrogen-bond donors (Lipinski definition) is 1. The fourth-order valence-electron chi connectivity index (χ4n) is 3.13. The lowest BCUT2D eigenvalue weighted by Crippen LogP contribution is -2.00. The van der Waals surface area contributed by atoms with Crippen LogP contribution in [0.15, 0.2) is 60.1 Å². The second-order valence-electron chi connectivity index (χ2n) is 6.23. The molecule has 3 aromatic heterocycles. The molecule has 5 nitrogen and oxygen atoms in total. The molecule has 0 aliphatic rings. The first-order valence-electron chi connectivity index (χ1n) is 8.40. The number of fused-ring (bicyclic) bond motifs is 2. The molecule has 0 fully saturated rings. The molecule has 2 aromatic carbocycles. The lowest BCUT2D eigenvalue weighted by atomic mass is 10.1. The third-order valence-corrected chi connectivity index (χ3v) is 5.80. The van der Waals surface area contributed by atoms with Crippen LogP contribution in [0.3, 0.4) is 0 Å². The van der Waals surface area contributed by atoms with E-state index in [-0.39, 0.29) is 0 Å². The zero-order chi connectivity index (χ0) is 18.4. The lowest BCUT2D eigenvalue weighted by molar-refractivity contribution is 0.693. The van der Waals surface area contributed by atoms with E-state index >= 15 is 0 Å². The van der Waals surface area contributed by atoms with Crippen LogP contribution in [-0.4, -0.2) is 19.7 Å². The number of rotatable bonds is 3. The van der Waals surface area contributed by atoms with Gasteiger partial charge in [0.25, 0.3) is 0 Å².